The molecule has 1 aromatic rings. The lowest BCUT2D eigenvalue weighted by molar-refractivity contribution is -0.149. The normalized spacial score (nSPS) is 21.9. The van der Waals surface area contributed by atoms with E-state index in [1.807, 2.05) is 31.2 Å². The Balaban J connectivity index is 1.46. The molecule has 0 aromatic heterocycles. The molecular formula is C22H34BNO5. The lowest BCUT2D eigenvalue weighted by atomic mass is 9.79. The van der Waals surface area contributed by atoms with Crippen molar-refractivity contribution in [3.8, 4) is 5.75 Å². The number of esters is 1. The zero-order valence-electron chi connectivity index (χ0n) is 18.4. The maximum Gasteiger partial charge on any atom is 0.494 e. The molecule has 0 bridgehead atoms. The van der Waals surface area contributed by atoms with E-state index >= 15 is 0 Å². The molecular weight excluding hydrogens is 369 g/mol. The average Bonchev–Trinajstić information content (AvgIpc) is 2.90. The van der Waals surface area contributed by atoms with Gasteiger partial charge >= 0.3 is 13.1 Å². The van der Waals surface area contributed by atoms with Crippen LogP contribution in [0.3, 0.4) is 0 Å². The first kappa shape index (κ1) is 22.1. The quantitative estimate of drug-likeness (QED) is 0.516. The predicted octanol–water partition coefficient (Wildman–Crippen LogP) is 2.64. The van der Waals surface area contributed by atoms with E-state index in [0.29, 0.717) is 13.2 Å². The van der Waals surface area contributed by atoms with Gasteiger partial charge < -0.3 is 18.8 Å². The summed E-state index contributed by atoms with van der Waals surface area (Å²) in [5.41, 5.74) is 0.255. The zero-order chi connectivity index (χ0) is 21.1. The van der Waals surface area contributed by atoms with E-state index in [1.54, 1.807) is 0 Å². The van der Waals surface area contributed by atoms with Gasteiger partial charge in [-0.3, -0.25) is 9.69 Å². The van der Waals surface area contributed by atoms with Crippen molar-refractivity contribution in [3.05, 3.63) is 24.3 Å². The fourth-order valence-corrected chi connectivity index (χ4v) is 3.68. The highest BCUT2D eigenvalue weighted by Crippen LogP contribution is 2.36. The monoisotopic (exact) mass is 403 g/mol. The molecule has 0 spiro atoms. The van der Waals surface area contributed by atoms with Gasteiger partial charge in [0.2, 0.25) is 0 Å². The van der Waals surface area contributed by atoms with Crippen LogP contribution in [0.1, 0.15) is 47.5 Å². The van der Waals surface area contributed by atoms with Gasteiger partial charge in [-0.2, -0.15) is 0 Å². The summed E-state index contributed by atoms with van der Waals surface area (Å²) in [6, 6.07) is 7.94. The molecule has 0 amide bonds. The molecule has 2 aliphatic rings. The standard InChI is InChI=1S/C22H34BNO5/c1-6-26-20(25)17-10-12-24(13-11-17)14-15-27-19-9-7-8-18(16-19)23-28-21(2,3)22(4,5)29-23/h7-9,16-17H,6,10-15H2,1-5H3. The maximum absolute atomic E-state index is 11.8. The van der Waals surface area contributed by atoms with Gasteiger partial charge in [0.25, 0.3) is 0 Å². The van der Waals surface area contributed by atoms with Crippen LogP contribution < -0.4 is 10.2 Å². The van der Waals surface area contributed by atoms with E-state index in [2.05, 4.69) is 32.6 Å². The van der Waals surface area contributed by atoms with Gasteiger partial charge in [0.1, 0.15) is 12.4 Å². The number of nitrogens with zero attached hydrogens (tertiary/aromatic N) is 1. The number of carbonyl (C=O) groups is 1. The Morgan fingerprint density at radius 1 is 1.17 bits per heavy atom. The Morgan fingerprint density at radius 2 is 1.83 bits per heavy atom. The molecule has 0 atom stereocenters. The summed E-state index contributed by atoms with van der Waals surface area (Å²) in [5, 5.41) is 0. The minimum Gasteiger partial charge on any atom is -0.492 e. The minimum absolute atomic E-state index is 0.0451. The topological polar surface area (TPSA) is 57.2 Å². The van der Waals surface area contributed by atoms with Crippen molar-refractivity contribution >= 4 is 18.6 Å². The Labute approximate surface area is 175 Å². The second kappa shape index (κ2) is 9.06. The zero-order valence-corrected chi connectivity index (χ0v) is 18.4. The van der Waals surface area contributed by atoms with E-state index in [9.17, 15) is 4.79 Å². The summed E-state index contributed by atoms with van der Waals surface area (Å²) in [7, 11) is -0.384. The highest BCUT2D eigenvalue weighted by molar-refractivity contribution is 6.62. The maximum atomic E-state index is 11.8. The van der Waals surface area contributed by atoms with Crippen LogP contribution in [0.2, 0.25) is 0 Å². The molecule has 6 nitrogen and oxygen atoms in total. The Kier molecular flexibility index (Phi) is 6.92. The first-order chi connectivity index (χ1) is 13.7. The first-order valence-electron chi connectivity index (χ1n) is 10.7. The Morgan fingerprint density at radius 3 is 2.45 bits per heavy atom. The van der Waals surface area contributed by atoms with Crippen molar-refractivity contribution < 1.29 is 23.6 Å². The molecule has 2 saturated heterocycles. The lowest BCUT2D eigenvalue weighted by Gasteiger charge is -2.32. The van der Waals surface area contributed by atoms with E-state index in [1.165, 1.54) is 0 Å². The molecule has 0 saturated carbocycles. The van der Waals surface area contributed by atoms with Crippen LogP contribution in [-0.2, 0) is 18.8 Å². The number of rotatable bonds is 7. The third-order valence-corrected chi connectivity index (χ3v) is 6.27. The summed E-state index contributed by atoms with van der Waals surface area (Å²) in [6.45, 7) is 13.8. The Bertz CT molecular complexity index is 684. The first-order valence-corrected chi connectivity index (χ1v) is 10.7. The highest BCUT2D eigenvalue weighted by atomic mass is 16.7. The summed E-state index contributed by atoms with van der Waals surface area (Å²) in [6.07, 6.45) is 1.71. The predicted molar refractivity (Wildman–Crippen MR) is 113 cm³/mol. The van der Waals surface area contributed by atoms with Gasteiger partial charge in [-0.1, -0.05) is 12.1 Å². The number of benzene rings is 1. The number of carbonyl (C=O) groups excluding carboxylic acids is 1. The SMILES string of the molecule is CCOC(=O)C1CCN(CCOc2cccc(B3OC(C)(C)C(C)(C)O3)c2)CC1. The largest absolute Gasteiger partial charge is 0.494 e. The third-order valence-electron chi connectivity index (χ3n) is 6.27. The van der Waals surface area contributed by atoms with Gasteiger partial charge in [-0.05, 0) is 78.1 Å². The summed E-state index contributed by atoms with van der Waals surface area (Å²) < 4.78 is 23.4. The van der Waals surface area contributed by atoms with Crippen molar-refractivity contribution in [1.82, 2.24) is 4.90 Å². The van der Waals surface area contributed by atoms with Crippen LogP contribution >= 0.6 is 0 Å². The van der Waals surface area contributed by atoms with Gasteiger partial charge in [0, 0.05) is 6.54 Å². The van der Waals surface area contributed by atoms with Crippen LogP contribution in [0.4, 0.5) is 0 Å². The molecule has 2 heterocycles. The molecule has 29 heavy (non-hydrogen) atoms. The van der Waals surface area contributed by atoms with E-state index < -0.39 is 0 Å². The number of piperidine rings is 1. The average molecular weight is 403 g/mol. The second-order valence-corrected chi connectivity index (χ2v) is 8.88. The van der Waals surface area contributed by atoms with Crippen LogP contribution in [0.15, 0.2) is 24.3 Å². The van der Waals surface area contributed by atoms with E-state index in [-0.39, 0.29) is 30.2 Å². The lowest BCUT2D eigenvalue weighted by Crippen LogP contribution is -2.41. The minimum atomic E-state index is -0.384. The molecule has 160 valence electrons. The third kappa shape index (κ3) is 5.33. The Hall–Kier alpha value is -1.57. The van der Waals surface area contributed by atoms with Gasteiger partial charge in [-0.25, -0.2) is 0 Å². The summed E-state index contributed by atoms with van der Waals surface area (Å²) in [4.78, 5) is 14.2. The van der Waals surface area contributed by atoms with Gasteiger partial charge in [-0.15, -0.1) is 0 Å². The van der Waals surface area contributed by atoms with Crippen LogP contribution in [0.25, 0.3) is 0 Å². The van der Waals surface area contributed by atoms with Gasteiger partial charge in [0.15, 0.2) is 0 Å². The number of ether oxygens (including phenoxy) is 2. The molecule has 1 aromatic carbocycles. The molecule has 0 N–H and O–H groups in total. The van der Waals surface area contributed by atoms with Crippen molar-refractivity contribution in [2.24, 2.45) is 5.92 Å². The van der Waals surface area contributed by atoms with Crippen LogP contribution in [0.5, 0.6) is 5.75 Å². The van der Waals surface area contributed by atoms with Crippen molar-refractivity contribution in [1.29, 1.82) is 0 Å². The fourth-order valence-electron chi connectivity index (χ4n) is 3.68. The highest BCUT2D eigenvalue weighted by Gasteiger charge is 2.51. The molecule has 7 heteroatoms. The van der Waals surface area contributed by atoms with E-state index in [4.69, 9.17) is 18.8 Å². The number of hydrogen-bond acceptors (Lipinski definition) is 6. The smallest absolute Gasteiger partial charge is 0.492 e. The second-order valence-electron chi connectivity index (χ2n) is 8.88. The van der Waals surface area contributed by atoms with Crippen LogP contribution in [-0.4, -0.2) is 62.0 Å². The molecule has 0 unspecified atom stereocenters. The van der Waals surface area contributed by atoms with Crippen molar-refractivity contribution in [2.45, 2.75) is 58.7 Å². The van der Waals surface area contributed by atoms with Crippen molar-refractivity contribution in [2.75, 3.05) is 32.8 Å². The van der Waals surface area contributed by atoms with Gasteiger partial charge in [0.05, 0.1) is 23.7 Å². The molecule has 2 aliphatic heterocycles. The molecule has 0 radical (unpaired) electrons. The fraction of sp³-hybridized carbons (Fsp3) is 0.682. The molecule has 0 aliphatic carbocycles. The molecule has 2 fully saturated rings. The number of likely N-dealkylation sites (tertiary alicyclic amines) is 1. The summed E-state index contributed by atoms with van der Waals surface area (Å²) >= 11 is 0. The van der Waals surface area contributed by atoms with E-state index in [0.717, 1.165) is 43.7 Å². The van der Waals surface area contributed by atoms with Crippen LogP contribution in [0, 0.1) is 5.92 Å². The van der Waals surface area contributed by atoms with Crippen molar-refractivity contribution in [3.63, 3.8) is 0 Å². The number of hydrogen-bond donors (Lipinski definition) is 0. The molecule has 3 rings (SSSR count). The summed E-state index contributed by atoms with van der Waals surface area (Å²) in [5.74, 6) is 0.810.